The Morgan fingerprint density at radius 2 is 2.24 bits per heavy atom. The first-order valence-corrected chi connectivity index (χ1v) is 8.50. The molecule has 3 saturated heterocycles. The third-order valence-electron chi connectivity index (χ3n) is 4.76. The summed E-state index contributed by atoms with van der Waals surface area (Å²) in [5, 5.41) is 3.25. The van der Waals surface area contributed by atoms with E-state index in [9.17, 15) is 4.79 Å². The van der Waals surface area contributed by atoms with Crippen molar-refractivity contribution >= 4 is 27.5 Å². The predicted molar refractivity (Wildman–Crippen MR) is 84.4 cm³/mol. The zero-order chi connectivity index (χ0) is 14.2. The molecule has 1 amide bonds. The van der Waals surface area contributed by atoms with Gasteiger partial charge in [0, 0.05) is 12.6 Å². The molecule has 0 unspecified atom stereocenters. The van der Waals surface area contributed by atoms with Crippen LogP contribution in [0.1, 0.15) is 18.4 Å². The maximum absolute atomic E-state index is 12.3. The smallest absolute Gasteiger partial charge is 0.224 e. The molecule has 5 rings (SSSR count). The van der Waals surface area contributed by atoms with Gasteiger partial charge in [-0.2, -0.15) is 0 Å². The number of hydrogen-bond donors (Lipinski definition) is 1. The number of benzene rings is 1. The molecule has 1 N–H and O–H groups in total. The van der Waals surface area contributed by atoms with Gasteiger partial charge in [0.25, 0.3) is 0 Å². The lowest BCUT2D eigenvalue weighted by Crippen LogP contribution is -2.57. The van der Waals surface area contributed by atoms with Crippen molar-refractivity contribution in [2.24, 2.45) is 5.92 Å². The second-order valence-electron chi connectivity index (χ2n) is 6.14. The SMILES string of the molecule is O=C(Cc1ccc2ncsc2c1)N[C@@H]1CN2CCC1CC2. The highest BCUT2D eigenvalue weighted by atomic mass is 32.1. The fourth-order valence-corrected chi connectivity index (χ4v) is 4.32. The maximum Gasteiger partial charge on any atom is 0.224 e. The van der Waals surface area contributed by atoms with Gasteiger partial charge in [-0.1, -0.05) is 6.07 Å². The van der Waals surface area contributed by atoms with Gasteiger partial charge in [-0.15, -0.1) is 11.3 Å². The molecule has 3 aliphatic heterocycles. The van der Waals surface area contributed by atoms with E-state index in [0.717, 1.165) is 22.3 Å². The van der Waals surface area contributed by atoms with Crippen LogP contribution in [0.2, 0.25) is 0 Å². The maximum atomic E-state index is 12.3. The van der Waals surface area contributed by atoms with Crippen molar-refractivity contribution in [2.75, 3.05) is 19.6 Å². The van der Waals surface area contributed by atoms with E-state index in [1.165, 1.54) is 25.9 Å². The molecular weight excluding hydrogens is 282 g/mol. The van der Waals surface area contributed by atoms with Crippen molar-refractivity contribution < 1.29 is 4.79 Å². The zero-order valence-electron chi connectivity index (χ0n) is 11.9. The summed E-state index contributed by atoms with van der Waals surface area (Å²) in [4.78, 5) is 19.0. The molecule has 1 atom stereocenters. The van der Waals surface area contributed by atoms with E-state index in [-0.39, 0.29) is 5.91 Å². The summed E-state index contributed by atoms with van der Waals surface area (Å²) in [5.74, 6) is 0.834. The van der Waals surface area contributed by atoms with Gasteiger partial charge in [0.15, 0.2) is 0 Å². The molecule has 5 heteroatoms. The fraction of sp³-hybridized carbons (Fsp3) is 0.500. The summed E-state index contributed by atoms with van der Waals surface area (Å²) in [6.07, 6.45) is 2.94. The van der Waals surface area contributed by atoms with Gasteiger partial charge in [-0.05, 0) is 49.5 Å². The molecule has 21 heavy (non-hydrogen) atoms. The van der Waals surface area contributed by atoms with Crippen molar-refractivity contribution in [3.63, 3.8) is 0 Å². The van der Waals surface area contributed by atoms with Gasteiger partial charge in [0.2, 0.25) is 5.91 Å². The van der Waals surface area contributed by atoms with Crippen LogP contribution in [0.15, 0.2) is 23.7 Å². The van der Waals surface area contributed by atoms with E-state index in [1.807, 2.05) is 17.6 Å². The number of aromatic nitrogens is 1. The molecule has 3 aliphatic rings. The molecule has 3 fully saturated rings. The highest BCUT2D eigenvalue weighted by molar-refractivity contribution is 7.16. The van der Waals surface area contributed by atoms with Crippen molar-refractivity contribution in [3.05, 3.63) is 29.3 Å². The largest absolute Gasteiger partial charge is 0.352 e. The Labute approximate surface area is 128 Å². The first-order chi connectivity index (χ1) is 10.3. The number of amides is 1. The average molecular weight is 301 g/mol. The molecule has 2 aromatic rings. The molecule has 1 aromatic carbocycles. The predicted octanol–water partition coefficient (Wildman–Crippen LogP) is 2.05. The van der Waals surface area contributed by atoms with E-state index in [2.05, 4.69) is 21.3 Å². The summed E-state index contributed by atoms with van der Waals surface area (Å²) in [5.41, 5.74) is 3.94. The summed E-state index contributed by atoms with van der Waals surface area (Å²) < 4.78 is 1.16. The van der Waals surface area contributed by atoms with Crippen LogP contribution in [-0.2, 0) is 11.2 Å². The summed E-state index contributed by atoms with van der Waals surface area (Å²) >= 11 is 1.62. The lowest BCUT2D eigenvalue weighted by atomic mass is 9.84. The van der Waals surface area contributed by atoms with Crippen molar-refractivity contribution in [2.45, 2.75) is 25.3 Å². The molecule has 110 valence electrons. The summed E-state index contributed by atoms with van der Waals surface area (Å²) in [6.45, 7) is 3.45. The van der Waals surface area contributed by atoms with Crippen molar-refractivity contribution in [1.82, 2.24) is 15.2 Å². The second-order valence-corrected chi connectivity index (χ2v) is 7.03. The standard InChI is InChI=1S/C16H19N3OS/c20-16(18-14-9-19-5-3-12(14)4-6-19)8-11-1-2-13-15(7-11)21-10-17-13/h1-2,7,10,12,14H,3-6,8-9H2,(H,18,20)/t14-/m1/s1. The molecule has 0 spiro atoms. The van der Waals surface area contributed by atoms with E-state index in [1.54, 1.807) is 11.3 Å². The van der Waals surface area contributed by atoms with E-state index in [4.69, 9.17) is 0 Å². The number of hydrogen-bond acceptors (Lipinski definition) is 4. The fourth-order valence-electron chi connectivity index (χ4n) is 3.58. The van der Waals surface area contributed by atoms with Gasteiger partial charge < -0.3 is 10.2 Å². The topological polar surface area (TPSA) is 45.2 Å². The number of carbonyl (C=O) groups is 1. The highest BCUT2D eigenvalue weighted by Crippen LogP contribution is 2.27. The van der Waals surface area contributed by atoms with Gasteiger partial charge in [0.05, 0.1) is 22.1 Å². The minimum absolute atomic E-state index is 0.151. The quantitative estimate of drug-likeness (QED) is 0.944. The Morgan fingerprint density at radius 1 is 1.38 bits per heavy atom. The number of rotatable bonds is 3. The Bertz CT molecular complexity index is 660. The minimum Gasteiger partial charge on any atom is -0.352 e. The number of piperidine rings is 3. The molecule has 0 radical (unpaired) electrons. The Kier molecular flexibility index (Phi) is 3.39. The molecule has 0 aliphatic carbocycles. The van der Waals surface area contributed by atoms with E-state index in [0.29, 0.717) is 18.4 Å². The lowest BCUT2D eigenvalue weighted by molar-refractivity contribution is -0.122. The lowest BCUT2D eigenvalue weighted by Gasteiger charge is -2.44. The zero-order valence-corrected chi connectivity index (χ0v) is 12.7. The molecule has 2 bridgehead atoms. The van der Waals surface area contributed by atoms with Crippen LogP contribution < -0.4 is 5.32 Å². The van der Waals surface area contributed by atoms with Crippen LogP contribution in [0.25, 0.3) is 10.2 Å². The van der Waals surface area contributed by atoms with Gasteiger partial charge >= 0.3 is 0 Å². The van der Waals surface area contributed by atoms with Gasteiger partial charge in [-0.3, -0.25) is 4.79 Å². The van der Waals surface area contributed by atoms with E-state index < -0.39 is 0 Å². The first kappa shape index (κ1) is 13.2. The number of nitrogens with zero attached hydrogens (tertiary/aromatic N) is 2. The molecule has 0 saturated carbocycles. The number of fused-ring (bicyclic) bond motifs is 4. The number of nitrogens with one attached hydrogen (secondary N) is 1. The molecule has 4 nitrogen and oxygen atoms in total. The molecular formula is C16H19N3OS. The Morgan fingerprint density at radius 3 is 3.00 bits per heavy atom. The molecule has 4 heterocycles. The number of thiazole rings is 1. The summed E-state index contributed by atoms with van der Waals surface area (Å²) in [6, 6.07) is 6.45. The van der Waals surface area contributed by atoms with Crippen LogP contribution in [-0.4, -0.2) is 41.5 Å². The van der Waals surface area contributed by atoms with Gasteiger partial charge in [0.1, 0.15) is 0 Å². The molecule has 1 aromatic heterocycles. The number of carbonyl (C=O) groups excluding carboxylic acids is 1. The van der Waals surface area contributed by atoms with E-state index >= 15 is 0 Å². The third-order valence-corrected chi connectivity index (χ3v) is 5.55. The van der Waals surface area contributed by atoms with Crippen LogP contribution in [0, 0.1) is 5.92 Å². The minimum atomic E-state index is 0.151. The Balaban J connectivity index is 1.41. The second kappa shape index (κ2) is 5.39. The van der Waals surface area contributed by atoms with Crippen molar-refractivity contribution in [3.8, 4) is 0 Å². The van der Waals surface area contributed by atoms with Crippen LogP contribution in [0.4, 0.5) is 0 Å². The van der Waals surface area contributed by atoms with Crippen LogP contribution >= 0.6 is 11.3 Å². The Hall–Kier alpha value is -1.46. The first-order valence-electron chi connectivity index (χ1n) is 7.62. The van der Waals surface area contributed by atoms with Crippen LogP contribution in [0.3, 0.4) is 0 Å². The third kappa shape index (κ3) is 2.68. The average Bonchev–Trinajstić information content (AvgIpc) is 2.96. The van der Waals surface area contributed by atoms with Crippen LogP contribution in [0.5, 0.6) is 0 Å². The monoisotopic (exact) mass is 301 g/mol. The highest BCUT2D eigenvalue weighted by Gasteiger charge is 2.34. The van der Waals surface area contributed by atoms with Gasteiger partial charge in [-0.25, -0.2) is 4.98 Å². The van der Waals surface area contributed by atoms with Crippen molar-refractivity contribution in [1.29, 1.82) is 0 Å². The summed E-state index contributed by atoms with van der Waals surface area (Å²) in [7, 11) is 0. The normalized spacial score (nSPS) is 27.9.